The monoisotopic (exact) mass is 490 g/mol. The van der Waals surface area contributed by atoms with Crippen LogP contribution in [-0.4, -0.2) is 59.5 Å². The van der Waals surface area contributed by atoms with E-state index in [1.54, 1.807) is 18.0 Å². The summed E-state index contributed by atoms with van der Waals surface area (Å²) in [5.74, 6) is 2.54. The van der Waals surface area contributed by atoms with Crippen molar-refractivity contribution in [2.24, 2.45) is 17.8 Å². The summed E-state index contributed by atoms with van der Waals surface area (Å²) in [6.07, 6.45) is 13.3. The normalized spacial score (nSPS) is 25.5. The molecule has 1 aromatic heterocycles. The molecule has 0 spiro atoms. The van der Waals surface area contributed by atoms with Gasteiger partial charge in [0.2, 0.25) is 0 Å². The van der Waals surface area contributed by atoms with Crippen LogP contribution in [-0.2, 0) is 0 Å². The number of nitrogens with zero attached hydrogens (tertiary/aromatic N) is 3. The van der Waals surface area contributed by atoms with E-state index in [4.69, 9.17) is 0 Å². The Bertz CT molecular complexity index is 1260. The van der Waals surface area contributed by atoms with Crippen LogP contribution in [0.2, 0.25) is 0 Å². The fourth-order valence-electron chi connectivity index (χ4n) is 6.92. The molecule has 5 nitrogen and oxygen atoms in total. The van der Waals surface area contributed by atoms with Crippen molar-refractivity contribution < 1.29 is 9.18 Å². The second-order valence-corrected chi connectivity index (χ2v) is 11.9. The quantitative estimate of drug-likeness (QED) is 0.675. The van der Waals surface area contributed by atoms with Gasteiger partial charge in [-0.25, -0.2) is 4.39 Å². The average Bonchev–Trinajstić information content (AvgIpc) is 3.51. The number of hydrogen-bond acceptors (Lipinski definition) is 3. The third-order valence-electron chi connectivity index (χ3n) is 9.33. The molecule has 3 fully saturated rings. The Morgan fingerprint density at radius 3 is 2.61 bits per heavy atom. The molecule has 0 radical (unpaired) electrons. The lowest BCUT2D eigenvalue weighted by atomic mass is 9.85. The molecule has 1 amide bonds. The third-order valence-corrected chi connectivity index (χ3v) is 9.33. The highest BCUT2D eigenvalue weighted by atomic mass is 19.1. The van der Waals surface area contributed by atoms with Crippen molar-refractivity contribution in [3.8, 4) is 5.69 Å². The summed E-state index contributed by atoms with van der Waals surface area (Å²) in [4.78, 5) is 17.8. The number of halogens is 1. The number of benzene rings is 1. The van der Waals surface area contributed by atoms with Crippen molar-refractivity contribution in [3.05, 3.63) is 51.9 Å². The van der Waals surface area contributed by atoms with Crippen LogP contribution in [0.1, 0.15) is 67.8 Å². The summed E-state index contributed by atoms with van der Waals surface area (Å²) in [6, 6.07) is 4.64. The first-order chi connectivity index (χ1) is 17.4. The van der Waals surface area contributed by atoms with E-state index in [0.29, 0.717) is 11.5 Å². The molecule has 6 heteroatoms. The molecule has 2 aliphatic carbocycles. The first-order valence-corrected chi connectivity index (χ1v) is 13.8. The Morgan fingerprint density at radius 1 is 1.19 bits per heavy atom. The Morgan fingerprint density at radius 2 is 1.94 bits per heavy atom. The van der Waals surface area contributed by atoms with E-state index >= 15 is 0 Å². The minimum absolute atomic E-state index is 0.0334. The van der Waals surface area contributed by atoms with Gasteiger partial charge < -0.3 is 19.7 Å². The molecule has 1 aromatic carbocycles. The highest BCUT2D eigenvalue weighted by Crippen LogP contribution is 2.46. The summed E-state index contributed by atoms with van der Waals surface area (Å²) in [5, 5.41) is 5.70. The van der Waals surface area contributed by atoms with Gasteiger partial charge in [0.05, 0.1) is 16.6 Å². The van der Waals surface area contributed by atoms with Crippen molar-refractivity contribution in [1.82, 2.24) is 19.7 Å². The van der Waals surface area contributed by atoms with Crippen LogP contribution in [0.4, 0.5) is 4.39 Å². The van der Waals surface area contributed by atoms with Gasteiger partial charge in [-0.3, -0.25) is 4.79 Å². The molecular weight excluding hydrogens is 451 g/mol. The van der Waals surface area contributed by atoms with Crippen molar-refractivity contribution in [1.29, 1.82) is 0 Å². The maximum Gasteiger partial charge on any atom is 0.256 e. The number of rotatable bonds is 6. The van der Waals surface area contributed by atoms with Gasteiger partial charge in [-0.15, -0.1) is 0 Å². The molecule has 6 rings (SSSR count). The van der Waals surface area contributed by atoms with E-state index in [-0.39, 0.29) is 17.8 Å². The third kappa shape index (κ3) is 4.17. The Kier molecular flexibility index (Phi) is 6.19. The number of carbonyl (C=O) groups is 1. The maximum absolute atomic E-state index is 14.3. The highest BCUT2D eigenvalue weighted by molar-refractivity contribution is 5.98. The van der Waals surface area contributed by atoms with Crippen LogP contribution in [0.25, 0.3) is 18.0 Å². The van der Waals surface area contributed by atoms with Crippen LogP contribution in [0, 0.1) is 23.6 Å². The Balaban J connectivity index is 1.32. The van der Waals surface area contributed by atoms with E-state index in [1.165, 1.54) is 74.7 Å². The number of nitrogens with one attached hydrogen (secondary N) is 1. The van der Waals surface area contributed by atoms with E-state index in [0.717, 1.165) is 35.3 Å². The lowest BCUT2D eigenvalue weighted by Gasteiger charge is -2.30. The van der Waals surface area contributed by atoms with Crippen molar-refractivity contribution in [3.63, 3.8) is 0 Å². The lowest BCUT2D eigenvalue weighted by Crippen LogP contribution is -2.38. The number of fused-ring (bicyclic) bond motifs is 2. The number of likely N-dealkylation sites (tertiary alicyclic amines) is 1. The molecule has 36 heavy (non-hydrogen) atoms. The SMILES string of the molecule is CC(C)N(C)C(=O)c1cc(F)ccc1-n1cc(C2CC3CN(CC4CCC4)CC3C2)c2c1=CNCC=2. The van der Waals surface area contributed by atoms with E-state index in [9.17, 15) is 9.18 Å². The summed E-state index contributed by atoms with van der Waals surface area (Å²) in [7, 11) is 1.78. The molecule has 4 aliphatic rings. The zero-order valence-electron chi connectivity index (χ0n) is 21.8. The van der Waals surface area contributed by atoms with Gasteiger partial charge in [-0.1, -0.05) is 12.5 Å². The first kappa shape index (κ1) is 23.8. The van der Waals surface area contributed by atoms with Crippen LogP contribution < -0.4 is 15.9 Å². The Hall–Kier alpha value is -2.60. The predicted molar refractivity (Wildman–Crippen MR) is 142 cm³/mol. The van der Waals surface area contributed by atoms with Crippen LogP contribution in [0.5, 0.6) is 0 Å². The molecule has 2 saturated carbocycles. The fraction of sp³-hybridized carbons (Fsp3) is 0.567. The number of amides is 1. The van der Waals surface area contributed by atoms with Crippen LogP contribution in [0.3, 0.4) is 0 Å². The molecule has 2 unspecified atom stereocenters. The largest absolute Gasteiger partial charge is 0.386 e. The zero-order valence-corrected chi connectivity index (χ0v) is 21.8. The smallest absolute Gasteiger partial charge is 0.256 e. The minimum Gasteiger partial charge on any atom is -0.386 e. The molecule has 3 heterocycles. The average molecular weight is 491 g/mol. The number of carbonyl (C=O) groups excluding carboxylic acids is 1. The van der Waals surface area contributed by atoms with Gasteiger partial charge in [0.25, 0.3) is 5.91 Å². The summed E-state index contributed by atoms with van der Waals surface area (Å²) in [6.45, 7) is 8.59. The van der Waals surface area contributed by atoms with Gasteiger partial charge in [-0.05, 0) is 87.0 Å². The van der Waals surface area contributed by atoms with Crippen LogP contribution >= 0.6 is 0 Å². The maximum atomic E-state index is 14.3. The first-order valence-electron chi connectivity index (χ1n) is 13.8. The van der Waals surface area contributed by atoms with Crippen molar-refractivity contribution >= 4 is 18.2 Å². The molecule has 2 aromatic rings. The van der Waals surface area contributed by atoms with Crippen molar-refractivity contribution in [2.75, 3.05) is 33.2 Å². The molecule has 1 saturated heterocycles. The highest BCUT2D eigenvalue weighted by Gasteiger charge is 2.42. The molecule has 192 valence electrons. The minimum atomic E-state index is -0.385. The van der Waals surface area contributed by atoms with Gasteiger partial charge in [-0.2, -0.15) is 0 Å². The van der Waals surface area contributed by atoms with Gasteiger partial charge in [0, 0.05) is 56.9 Å². The topological polar surface area (TPSA) is 40.5 Å². The van der Waals surface area contributed by atoms with E-state index < -0.39 is 0 Å². The summed E-state index contributed by atoms with van der Waals surface area (Å²) < 4.78 is 16.5. The lowest BCUT2D eigenvalue weighted by molar-refractivity contribution is 0.0754. The van der Waals surface area contributed by atoms with E-state index in [2.05, 4.69) is 33.3 Å². The summed E-state index contributed by atoms with van der Waals surface area (Å²) >= 11 is 0. The second-order valence-electron chi connectivity index (χ2n) is 11.9. The molecule has 0 bridgehead atoms. The van der Waals surface area contributed by atoms with Gasteiger partial charge in [0.15, 0.2) is 0 Å². The number of aromatic nitrogens is 1. The Labute approximate surface area is 213 Å². The fourth-order valence-corrected chi connectivity index (χ4v) is 6.92. The second kappa shape index (κ2) is 9.37. The van der Waals surface area contributed by atoms with Gasteiger partial charge in [0.1, 0.15) is 5.82 Å². The van der Waals surface area contributed by atoms with Crippen LogP contribution in [0.15, 0.2) is 24.4 Å². The zero-order chi connectivity index (χ0) is 25.0. The van der Waals surface area contributed by atoms with Crippen molar-refractivity contribution in [2.45, 2.75) is 57.9 Å². The summed E-state index contributed by atoms with van der Waals surface area (Å²) in [5.41, 5.74) is 2.54. The molecular formula is C30H39FN4O. The molecule has 2 aliphatic heterocycles. The number of hydrogen-bond donors (Lipinski definition) is 1. The van der Waals surface area contributed by atoms with Gasteiger partial charge >= 0.3 is 0 Å². The standard InChI is InChI=1S/C30H39FN4O/c1-19(2)33(3)30(36)26-13-24(31)7-8-28(26)35-18-27(25-9-10-32-14-29(25)35)21-11-22-16-34(17-23(22)12-21)15-20-5-4-6-20/h7-9,13-14,18-23,32H,4-6,10-12,15-17H2,1-3H3. The predicted octanol–water partition coefficient (Wildman–Crippen LogP) is 3.44. The molecule has 2 atom stereocenters. The van der Waals surface area contributed by atoms with E-state index in [1.807, 2.05) is 13.8 Å². The molecule has 1 N–H and O–H groups in total.